The monoisotopic (exact) mass is 447 g/mol. The molecule has 9 heteroatoms. The van der Waals surface area contributed by atoms with Crippen LogP contribution in [-0.4, -0.2) is 29.2 Å². The molecule has 0 spiro atoms. The van der Waals surface area contributed by atoms with Crippen molar-refractivity contribution in [2.75, 3.05) is 29.0 Å². The van der Waals surface area contributed by atoms with Gasteiger partial charge in [0.05, 0.1) is 11.4 Å². The van der Waals surface area contributed by atoms with E-state index < -0.39 is 0 Å². The molecule has 0 atom stereocenters. The molecule has 0 bridgehead atoms. The van der Waals surface area contributed by atoms with Crippen LogP contribution in [0.15, 0.2) is 28.7 Å². The first-order valence-corrected chi connectivity index (χ1v) is 8.29. The first kappa shape index (κ1) is 21.5. The molecule has 1 fully saturated rings. The van der Waals surface area contributed by atoms with Gasteiger partial charge in [-0.3, -0.25) is 4.79 Å². The maximum atomic E-state index is 12.3. The fourth-order valence-corrected chi connectivity index (χ4v) is 3.18. The van der Waals surface area contributed by atoms with E-state index in [0.717, 1.165) is 28.9 Å². The predicted octanol–water partition coefficient (Wildman–Crippen LogP) is 3.83. The molecule has 3 rings (SSSR count). The minimum atomic E-state index is -0.324. The van der Waals surface area contributed by atoms with E-state index in [1.54, 1.807) is 12.1 Å². The Morgan fingerprint density at radius 3 is 2.48 bits per heavy atom. The minimum absolute atomic E-state index is 0. The molecule has 25 heavy (non-hydrogen) atoms. The number of nitrogens with zero attached hydrogens (tertiary/aromatic N) is 3. The van der Waals surface area contributed by atoms with Gasteiger partial charge in [0, 0.05) is 17.6 Å². The number of carbonyl (C=O) groups is 1. The number of aromatic nitrogens is 2. The standard InChI is InChI=1S/C16H18BrN5O.2ClH/c1-10-8-11(17)9-13(15(10)18)19-16(23)12-4-5-14(21-20-12)22-6-2-3-7-22;;/h4-5,8-9H,2-3,6-7,18H2,1H3,(H,19,23);2*1H. The summed E-state index contributed by atoms with van der Waals surface area (Å²) in [6.07, 6.45) is 2.34. The van der Waals surface area contributed by atoms with Gasteiger partial charge < -0.3 is 16.0 Å². The second-order valence-electron chi connectivity index (χ2n) is 5.61. The number of hydrogen-bond acceptors (Lipinski definition) is 5. The summed E-state index contributed by atoms with van der Waals surface area (Å²) < 4.78 is 0.856. The highest BCUT2D eigenvalue weighted by Gasteiger charge is 2.16. The van der Waals surface area contributed by atoms with Crippen molar-refractivity contribution < 1.29 is 4.79 Å². The number of nitrogens with one attached hydrogen (secondary N) is 1. The lowest BCUT2D eigenvalue weighted by Crippen LogP contribution is -2.21. The molecular formula is C16H20BrCl2N5O. The van der Waals surface area contributed by atoms with Crippen LogP contribution in [0.25, 0.3) is 0 Å². The van der Waals surface area contributed by atoms with Gasteiger partial charge in [-0.05, 0) is 49.6 Å². The fourth-order valence-electron chi connectivity index (χ4n) is 2.61. The smallest absolute Gasteiger partial charge is 0.276 e. The summed E-state index contributed by atoms with van der Waals surface area (Å²) >= 11 is 3.40. The summed E-state index contributed by atoms with van der Waals surface area (Å²) in [7, 11) is 0. The number of halogens is 3. The van der Waals surface area contributed by atoms with Crippen molar-refractivity contribution in [2.45, 2.75) is 19.8 Å². The van der Waals surface area contributed by atoms with Crippen LogP contribution >= 0.6 is 40.7 Å². The predicted molar refractivity (Wildman–Crippen MR) is 109 cm³/mol. The number of carbonyl (C=O) groups excluding carboxylic acids is 1. The zero-order valence-corrected chi connectivity index (χ0v) is 16.9. The van der Waals surface area contributed by atoms with Crippen molar-refractivity contribution in [1.82, 2.24) is 10.2 Å². The zero-order chi connectivity index (χ0) is 16.4. The van der Waals surface area contributed by atoms with Crippen molar-refractivity contribution in [3.8, 4) is 0 Å². The summed E-state index contributed by atoms with van der Waals surface area (Å²) in [5.74, 6) is 0.492. The third-order valence-corrected chi connectivity index (χ3v) is 4.37. The number of hydrogen-bond donors (Lipinski definition) is 2. The van der Waals surface area contributed by atoms with Gasteiger partial charge in [0.15, 0.2) is 11.5 Å². The van der Waals surface area contributed by atoms with Gasteiger partial charge >= 0.3 is 0 Å². The van der Waals surface area contributed by atoms with Crippen LogP contribution in [0.1, 0.15) is 28.9 Å². The van der Waals surface area contributed by atoms with Gasteiger partial charge in [0.1, 0.15) is 0 Å². The number of nitrogen functional groups attached to an aromatic ring is 1. The molecule has 1 saturated heterocycles. The maximum absolute atomic E-state index is 12.3. The molecule has 1 aromatic carbocycles. The Bertz CT molecular complexity index is 736. The second-order valence-corrected chi connectivity index (χ2v) is 6.52. The summed E-state index contributed by atoms with van der Waals surface area (Å²) in [4.78, 5) is 14.5. The Kier molecular flexibility index (Phi) is 7.92. The molecule has 1 aromatic heterocycles. The molecule has 0 radical (unpaired) electrons. The topological polar surface area (TPSA) is 84.1 Å². The van der Waals surface area contributed by atoms with Gasteiger partial charge in [-0.15, -0.1) is 35.0 Å². The van der Waals surface area contributed by atoms with Gasteiger partial charge in [-0.2, -0.15) is 0 Å². The SMILES string of the molecule is Cc1cc(Br)cc(NC(=O)c2ccc(N3CCCC3)nn2)c1N.Cl.Cl. The average Bonchev–Trinajstić information content (AvgIpc) is 3.06. The number of nitrogens with two attached hydrogens (primary N) is 1. The molecule has 0 aliphatic carbocycles. The van der Waals surface area contributed by atoms with Crippen LogP contribution in [0.4, 0.5) is 17.2 Å². The number of amides is 1. The molecule has 1 aliphatic rings. The quantitative estimate of drug-likeness (QED) is 0.697. The summed E-state index contributed by atoms with van der Waals surface area (Å²) in [5.41, 5.74) is 8.28. The van der Waals surface area contributed by atoms with Crippen molar-refractivity contribution in [3.63, 3.8) is 0 Å². The Hall–Kier alpha value is -1.57. The highest BCUT2D eigenvalue weighted by atomic mass is 79.9. The first-order chi connectivity index (χ1) is 11.0. The molecule has 0 saturated carbocycles. The van der Waals surface area contributed by atoms with Crippen LogP contribution in [-0.2, 0) is 0 Å². The van der Waals surface area contributed by atoms with E-state index in [9.17, 15) is 4.79 Å². The molecule has 136 valence electrons. The van der Waals surface area contributed by atoms with Crippen LogP contribution in [0.5, 0.6) is 0 Å². The normalized spacial score (nSPS) is 13.0. The van der Waals surface area contributed by atoms with Crippen LogP contribution in [0.2, 0.25) is 0 Å². The van der Waals surface area contributed by atoms with Crippen LogP contribution < -0.4 is 16.0 Å². The summed E-state index contributed by atoms with van der Waals surface area (Å²) in [6.45, 7) is 3.88. The number of benzene rings is 1. The number of aryl methyl sites for hydroxylation is 1. The molecule has 1 amide bonds. The van der Waals surface area contributed by atoms with E-state index in [-0.39, 0.29) is 36.4 Å². The van der Waals surface area contributed by atoms with E-state index in [2.05, 4.69) is 36.3 Å². The summed E-state index contributed by atoms with van der Waals surface area (Å²) in [6, 6.07) is 7.20. The molecule has 0 unspecified atom stereocenters. The second kappa shape index (κ2) is 9.22. The number of anilines is 3. The fraction of sp³-hybridized carbons (Fsp3) is 0.312. The van der Waals surface area contributed by atoms with Gasteiger partial charge in [0.2, 0.25) is 0 Å². The van der Waals surface area contributed by atoms with Gasteiger partial charge in [-0.25, -0.2) is 0 Å². The van der Waals surface area contributed by atoms with Gasteiger partial charge in [0.25, 0.3) is 5.91 Å². The third kappa shape index (κ3) is 4.96. The summed E-state index contributed by atoms with van der Waals surface area (Å²) in [5, 5.41) is 11.0. The van der Waals surface area contributed by atoms with E-state index in [1.165, 1.54) is 12.8 Å². The Labute approximate surface area is 167 Å². The third-order valence-electron chi connectivity index (χ3n) is 3.91. The lowest BCUT2D eigenvalue weighted by Gasteiger charge is -2.15. The van der Waals surface area contributed by atoms with Crippen molar-refractivity contribution >= 4 is 63.8 Å². The molecule has 6 nitrogen and oxygen atoms in total. The van der Waals surface area contributed by atoms with Crippen molar-refractivity contribution in [2.24, 2.45) is 0 Å². The maximum Gasteiger partial charge on any atom is 0.276 e. The highest BCUT2D eigenvalue weighted by Crippen LogP contribution is 2.27. The first-order valence-electron chi connectivity index (χ1n) is 7.50. The zero-order valence-electron chi connectivity index (χ0n) is 13.7. The van der Waals surface area contributed by atoms with Crippen molar-refractivity contribution in [3.05, 3.63) is 40.0 Å². The van der Waals surface area contributed by atoms with Crippen LogP contribution in [0, 0.1) is 6.92 Å². The minimum Gasteiger partial charge on any atom is -0.397 e. The Morgan fingerprint density at radius 1 is 1.20 bits per heavy atom. The van der Waals surface area contributed by atoms with E-state index >= 15 is 0 Å². The molecule has 3 N–H and O–H groups in total. The van der Waals surface area contributed by atoms with E-state index in [4.69, 9.17) is 5.73 Å². The average molecular weight is 449 g/mol. The lowest BCUT2D eigenvalue weighted by molar-refractivity contribution is 0.102. The molecular weight excluding hydrogens is 429 g/mol. The number of rotatable bonds is 3. The lowest BCUT2D eigenvalue weighted by atomic mass is 10.1. The molecule has 2 heterocycles. The molecule has 1 aliphatic heterocycles. The van der Waals surface area contributed by atoms with Crippen LogP contribution in [0.3, 0.4) is 0 Å². The van der Waals surface area contributed by atoms with Crippen molar-refractivity contribution in [1.29, 1.82) is 0 Å². The Balaban J connectivity index is 0.00000156. The Morgan fingerprint density at radius 2 is 1.88 bits per heavy atom. The van der Waals surface area contributed by atoms with E-state index in [1.807, 2.05) is 19.1 Å². The van der Waals surface area contributed by atoms with E-state index in [0.29, 0.717) is 11.4 Å². The highest BCUT2D eigenvalue weighted by molar-refractivity contribution is 9.10. The van der Waals surface area contributed by atoms with Gasteiger partial charge in [-0.1, -0.05) is 15.9 Å². The molecule has 2 aromatic rings. The largest absolute Gasteiger partial charge is 0.397 e.